The van der Waals surface area contributed by atoms with Gasteiger partial charge in [0.1, 0.15) is 17.0 Å². The average molecular weight is 591 g/mol. The van der Waals surface area contributed by atoms with Crippen LogP contribution in [0.1, 0.15) is 36.1 Å². The van der Waals surface area contributed by atoms with Crippen molar-refractivity contribution < 1.29 is 27.1 Å². The fourth-order valence-corrected chi connectivity index (χ4v) is 5.94. The number of fused-ring (bicyclic) bond motifs is 1. The van der Waals surface area contributed by atoms with Gasteiger partial charge in [0.2, 0.25) is 5.95 Å². The van der Waals surface area contributed by atoms with Crippen LogP contribution in [0.3, 0.4) is 0 Å². The maximum atomic E-state index is 14.5. The molecule has 1 N–H and O–H groups in total. The molecular weight excluding hydrogens is 552 g/mol. The van der Waals surface area contributed by atoms with Crippen molar-refractivity contribution in [2.45, 2.75) is 53.4 Å². The van der Waals surface area contributed by atoms with E-state index in [1.807, 2.05) is 21.6 Å². The van der Waals surface area contributed by atoms with Crippen LogP contribution in [0.5, 0.6) is 5.75 Å². The van der Waals surface area contributed by atoms with E-state index in [4.69, 9.17) is 9.72 Å². The molecule has 3 aromatic rings. The van der Waals surface area contributed by atoms with Gasteiger partial charge in [-0.05, 0) is 62.9 Å². The van der Waals surface area contributed by atoms with Crippen molar-refractivity contribution in [1.29, 1.82) is 0 Å². The molecule has 8 nitrogen and oxygen atoms in total. The summed E-state index contributed by atoms with van der Waals surface area (Å²) in [6.45, 7) is 15.1. The first-order valence-electron chi connectivity index (χ1n) is 14.4. The number of nitrogens with zero attached hydrogens (tertiary/aromatic N) is 5. The maximum absolute atomic E-state index is 14.5. The number of anilines is 2. The highest BCUT2D eigenvalue weighted by Gasteiger charge is 2.42. The quantitative estimate of drug-likeness (QED) is 0.257. The molecule has 0 atom stereocenters. The van der Waals surface area contributed by atoms with E-state index in [1.54, 1.807) is 26.8 Å². The van der Waals surface area contributed by atoms with Crippen molar-refractivity contribution in [3.8, 4) is 5.75 Å². The number of benzene rings is 2. The molecule has 0 aliphatic carbocycles. The van der Waals surface area contributed by atoms with Crippen LogP contribution in [-0.4, -0.2) is 85.0 Å². The van der Waals surface area contributed by atoms with E-state index in [9.17, 15) is 22.4 Å². The number of piperazine rings is 2. The molecule has 12 heteroatoms. The second-order valence-corrected chi connectivity index (χ2v) is 11.5. The Morgan fingerprint density at radius 2 is 1.57 bits per heavy atom. The predicted octanol–water partition coefficient (Wildman–Crippen LogP) is 4.56. The summed E-state index contributed by atoms with van der Waals surface area (Å²) in [5.74, 6) is -1.95. The lowest BCUT2D eigenvalue weighted by atomic mass is 10.1. The summed E-state index contributed by atoms with van der Waals surface area (Å²) in [5, 5.41) is 3.34. The monoisotopic (exact) mass is 590 g/mol. The first-order chi connectivity index (χ1) is 19.8. The van der Waals surface area contributed by atoms with Gasteiger partial charge >= 0.3 is 12.1 Å². The fraction of sp³-hybridized carbons (Fsp3) is 0.533. The Morgan fingerprint density at radius 1 is 0.952 bits per heavy atom. The summed E-state index contributed by atoms with van der Waals surface area (Å²) in [5.41, 5.74) is 3.97. The zero-order valence-electron chi connectivity index (χ0n) is 24.7. The number of imidazole rings is 1. The van der Waals surface area contributed by atoms with Crippen LogP contribution in [0.15, 0.2) is 18.2 Å². The molecule has 42 heavy (non-hydrogen) atoms. The topological polar surface area (TPSA) is 65.9 Å². The molecule has 0 radical (unpaired) electrons. The minimum atomic E-state index is -5.14. The van der Waals surface area contributed by atoms with E-state index >= 15 is 0 Å². The van der Waals surface area contributed by atoms with Crippen molar-refractivity contribution in [3.63, 3.8) is 0 Å². The van der Waals surface area contributed by atoms with Crippen LogP contribution in [0.2, 0.25) is 0 Å². The maximum Gasteiger partial charge on any atom is 0.491 e. The minimum Gasteiger partial charge on any atom is -0.417 e. The molecule has 0 bridgehead atoms. The third-order valence-corrected chi connectivity index (χ3v) is 8.16. The molecule has 3 heterocycles. The highest BCUT2D eigenvalue weighted by atomic mass is 19.4. The van der Waals surface area contributed by atoms with Gasteiger partial charge < -0.3 is 24.4 Å². The van der Waals surface area contributed by atoms with Gasteiger partial charge in [0.05, 0.1) is 12.1 Å². The Kier molecular flexibility index (Phi) is 8.39. The third-order valence-electron chi connectivity index (χ3n) is 8.16. The number of carbonyl (C=O) groups is 1. The van der Waals surface area contributed by atoms with Crippen LogP contribution in [-0.2, 0) is 11.3 Å². The molecule has 5 rings (SSSR count). The van der Waals surface area contributed by atoms with Crippen molar-refractivity contribution in [2.75, 3.05) is 62.2 Å². The molecule has 228 valence electrons. The summed E-state index contributed by atoms with van der Waals surface area (Å²) in [6, 6.07) is 5.69. The molecule has 0 amide bonds. The van der Waals surface area contributed by atoms with Crippen molar-refractivity contribution in [3.05, 3.63) is 46.3 Å². The number of alkyl halides is 3. The van der Waals surface area contributed by atoms with Crippen LogP contribution < -0.4 is 19.9 Å². The summed E-state index contributed by atoms with van der Waals surface area (Å²) < 4.78 is 61.8. The lowest BCUT2D eigenvalue weighted by molar-refractivity contribution is -0.189. The van der Waals surface area contributed by atoms with E-state index in [1.165, 1.54) is 0 Å². The largest absolute Gasteiger partial charge is 0.491 e. The summed E-state index contributed by atoms with van der Waals surface area (Å²) in [4.78, 5) is 23.6. The molecule has 2 aliphatic heterocycles. The Balaban J connectivity index is 1.70. The van der Waals surface area contributed by atoms with Crippen LogP contribution in [0.4, 0.5) is 29.2 Å². The van der Waals surface area contributed by atoms with Crippen molar-refractivity contribution in [1.82, 2.24) is 19.8 Å². The first-order valence-corrected chi connectivity index (χ1v) is 14.4. The van der Waals surface area contributed by atoms with Gasteiger partial charge in [-0.2, -0.15) is 13.2 Å². The number of ether oxygens (including phenoxy) is 1. The number of aryl methyl sites for hydroxylation is 3. The molecule has 2 saturated heterocycles. The summed E-state index contributed by atoms with van der Waals surface area (Å²) in [6.07, 6.45) is -5.14. The molecule has 2 aliphatic rings. The Morgan fingerprint density at radius 3 is 2.14 bits per heavy atom. The Bertz CT molecular complexity index is 1450. The highest BCUT2D eigenvalue weighted by molar-refractivity contribution is 5.97. The lowest BCUT2D eigenvalue weighted by Gasteiger charge is -2.38. The van der Waals surface area contributed by atoms with Crippen LogP contribution in [0.25, 0.3) is 11.0 Å². The lowest BCUT2D eigenvalue weighted by Crippen LogP contribution is -2.49. The predicted molar refractivity (Wildman–Crippen MR) is 155 cm³/mol. The number of nitrogens with one attached hydrogen (secondary N) is 1. The molecule has 0 unspecified atom stereocenters. The number of hydrogen-bond acceptors (Lipinski definition) is 7. The molecule has 0 saturated carbocycles. The van der Waals surface area contributed by atoms with E-state index in [2.05, 4.69) is 29.0 Å². The van der Waals surface area contributed by atoms with Crippen LogP contribution >= 0.6 is 0 Å². The van der Waals surface area contributed by atoms with Gasteiger partial charge in [-0.25, -0.2) is 14.2 Å². The van der Waals surface area contributed by atoms with Gasteiger partial charge in [-0.1, -0.05) is 12.1 Å². The van der Waals surface area contributed by atoms with E-state index in [0.717, 1.165) is 18.7 Å². The van der Waals surface area contributed by atoms with Crippen molar-refractivity contribution in [2.24, 2.45) is 0 Å². The van der Waals surface area contributed by atoms with Gasteiger partial charge in [0.25, 0.3) is 0 Å². The number of carbonyl (C=O) groups excluding carboxylic acids is 1. The number of esters is 1. The number of aromatic nitrogens is 2. The zero-order valence-corrected chi connectivity index (χ0v) is 24.7. The molecule has 0 spiro atoms. The smallest absolute Gasteiger partial charge is 0.417 e. The number of hydrogen-bond donors (Lipinski definition) is 1. The average Bonchev–Trinajstić information content (AvgIpc) is 3.29. The van der Waals surface area contributed by atoms with Crippen LogP contribution in [0, 0.1) is 26.6 Å². The normalized spacial score (nSPS) is 17.0. The Hall–Kier alpha value is -3.38. The first kappa shape index (κ1) is 30.1. The van der Waals surface area contributed by atoms with E-state index in [0.29, 0.717) is 91.2 Å². The molecule has 2 aromatic carbocycles. The van der Waals surface area contributed by atoms with E-state index in [-0.39, 0.29) is 11.6 Å². The minimum absolute atomic E-state index is 0.118. The van der Waals surface area contributed by atoms with Gasteiger partial charge in [-0.15, -0.1) is 0 Å². The highest BCUT2D eigenvalue weighted by Crippen LogP contribution is 2.42. The number of halogens is 4. The molecule has 2 fully saturated rings. The standard InChI is InChI=1S/C30H38F4N6O2/c1-18(2)37-10-12-38(13-11-37)26-25-23(16-21(5)27(26)42-28(41)30(32,33)34)40(29(36-25)39-8-6-35-7-9-39)17-22-14-19(3)24(31)20(4)15-22/h14-16,18,35H,6-13,17H2,1-5H3. The van der Waals surface area contributed by atoms with E-state index < -0.39 is 12.1 Å². The summed E-state index contributed by atoms with van der Waals surface area (Å²) in [7, 11) is 0. The Labute approximate surface area is 243 Å². The second-order valence-electron chi connectivity index (χ2n) is 11.5. The van der Waals surface area contributed by atoms with Gasteiger partial charge in [0.15, 0.2) is 5.75 Å². The van der Waals surface area contributed by atoms with Gasteiger partial charge in [0, 0.05) is 58.4 Å². The summed E-state index contributed by atoms with van der Waals surface area (Å²) >= 11 is 0. The third kappa shape index (κ3) is 5.92. The zero-order chi connectivity index (χ0) is 30.3. The number of rotatable bonds is 6. The molecular formula is C30H38F4N6O2. The second kappa shape index (κ2) is 11.7. The van der Waals surface area contributed by atoms with Crippen molar-refractivity contribution >= 4 is 28.6 Å². The van der Waals surface area contributed by atoms with Gasteiger partial charge in [-0.3, -0.25) is 4.90 Å². The molecule has 1 aromatic heterocycles. The fourth-order valence-electron chi connectivity index (χ4n) is 5.94. The SMILES string of the molecule is Cc1cc(Cn2c(N3CCNCC3)nc3c(N4CCN(C(C)C)CC4)c(OC(=O)C(F)(F)F)c(C)cc32)cc(C)c1F.